The van der Waals surface area contributed by atoms with Gasteiger partial charge < -0.3 is 15.0 Å². The average Bonchev–Trinajstić information content (AvgIpc) is 2.86. The van der Waals surface area contributed by atoms with Gasteiger partial charge in [-0.1, -0.05) is 52.3 Å². The molecule has 1 heterocycles. The van der Waals surface area contributed by atoms with Gasteiger partial charge in [0.15, 0.2) is 11.5 Å². The molecule has 1 aliphatic heterocycles. The molecule has 3 aromatic carbocycles. The van der Waals surface area contributed by atoms with Crippen LogP contribution in [0.2, 0.25) is 0 Å². The Morgan fingerprint density at radius 1 is 1.08 bits per heavy atom. The van der Waals surface area contributed by atoms with E-state index in [1.54, 1.807) is 18.2 Å². The molecule has 0 radical (unpaired) electrons. The lowest BCUT2D eigenvalue weighted by Crippen LogP contribution is -2.44. The monoisotopic (exact) mass is 547 g/mol. The van der Waals surface area contributed by atoms with Gasteiger partial charge in [-0.25, -0.2) is 0 Å². The van der Waals surface area contributed by atoms with E-state index >= 15 is 0 Å². The Labute approximate surface area is 220 Å². The van der Waals surface area contributed by atoms with E-state index in [1.807, 2.05) is 36.4 Å². The van der Waals surface area contributed by atoms with Crippen LogP contribution in [0.4, 0.5) is 11.4 Å². The first kappa shape index (κ1) is 25.5. The van der Waals surface area contributed by atoms with Gasteiger partial charge in [0, 0.05) is 29.8 Å². The number of anilines is 2. The number of fused-ring (bicyclic) bond motifs is 1. The molecule has 0 aromatic heterocycles. The summed E-state index contributed by atoms with van der Waals surface area (Å²) < 4.78 is 6.81. The third kappa shape index (κ3) is 6.34. The van der Waals surface area contributed by atoms with Crippen LogP contribution in [0, 0.1) is 6.92 Å². The van der Waals surface area contributed by atoms with Crippen molar-refractivity contribution in [2.24, 2.45) is 0 Å². The number of hydrogen-bond acceptors (Lipinski definition) is 4. The van der Waals surface area contributed by atoms with Crippen LogP contribution in [0.1, 0.15) is 24.5 Å². The molecule has 2 amide bonds. The minimum atomic E-state index is -0.347. The van der Waals surface area contributed by atoms with Gasteiger partial charge in [0.1, 0.15) is 6.54 Å². The number of rotatable bonds is 9. The molecule has 186 valence electrons. The number of ether oxygens (including phenoxy) is 1. The summed E-state index contributed by atoms with van der Waals surface area (Å²) in [6.45, 7) is 6.39. The Bertz CT molecular complexity index is 1270. The Balaban J connectivity index is 1.39. The lowest BCUT2D eigenvalue weighted by molar-refractivity contribution is -0.123. The molecule has 4 rings (SSSR count). The second kappa shape index (κ2) is 11.9. The number of benzene rings is 3. The van der Waals surface area contributed by atoms with E-state index < -0.39 is 0 Å². The van der Waals surface area contributed by atoms with Crippen molar-refractivity contribution in [3.05, 3.63) is 94.2 Å². The van der Waals surface area contributed by atoms with Gasteiger partial charge in [0.25, 0.3) is 5.91 Å². The van der Waals surface area contributed by atoms with E-state index in [0.717, 1.165) is 29.5 Å². The molecule has 36 heavy (non-hydrogen) atoms. The van der Waals surface area contributed by atoms with E-state index in [2.05, 4.69) is 64.3 Å². The smallest absolute Gasteiger partial charge is 0.294 e. The second-order valence-corrected chi connectivity index (χ2v) is 9.56. The maximum absolute atomic E-state index is 13.3. The van der Waals surface area contributed by atoms with Crippen LogP contribution < -0.4 is 19.9 Å². The maximum Gasteiger partial charge on any atom is 0.294 e. The van der Waals surface area contributed by atoms with Gasteiger partial charge in [-0.2, -0.15) is 0 Å². The number of hydrogen-bond donors (Lipinski definition) is 1. The van der Waals surface area contributed by atoms with Crippen molar-refractivity contribution in [3.8, 4) is 5.75 Å². The molecular weight excluding hydrogens is 518 g/mol. The van der Waals surface area contributed by atoms with Crippen molar-refractivity contribution in [1.82, 2.24) is 5.32 Å². The highest BCUT2D eigenvalue weighted by Crippen LogP contribution is 2.35. The molecule has 7 heteroatoms. The van der Waals surface area contributed by atoms with E-state index in [9.17, 15) is 9.59 Å². The molecule has 0 unspecified atom stereocenters. The number of carbonyl (C=O) groups is 2. The lowest BCUT2D eigenvalue weighted by Gasteiger charge is -2.30. The van der Waals surface area contributed by atoms with Crippen molar-refractivity contribution in [1.29, 1.82) is 0 Å². The molecule has 0 spiro atoms. The molecule has 6 nitrogen and oxygen atoms in total. The molecule has 3 aromatic rings. The van der Waals surface area contributed by atoms with Crippen LogP contribution in [-0.4, -0.2) is 38.0 Å². The second-order valence-electron chi connectivity index (χ2n) is 8.65. The zero-order chi connectivity index (χ0) is 25.5. The highest BCUT2D eigenvalue weighted by Gasteiger charge is 2.31. The van der Waals surface area contributed by atoms with Gasteiger partial charge in [-0.05, 0) is 73.9 Å². The van der Waals surface area contributed by atoms with Crippen molar-refractivity contribution >= 4 is 45.2 Å². The molecule has 0 atom stereocenters. The van der Waals surface area contributed by atoms with Crippen molar-refractivity contribution < 1.29 is 14.3 Å². The third-order valence-electron chi connectivity index (χ3n) is 5.96. The maximum atomic E-state index is 13.3. The molecule has 0 fully saturated rings. The third-order valence-corrected chi connectivity index (χ3v) is 6.45. The predicted octanol–water partition coefficient (Wildman–Crippen LogP) is 5.56. The Hall–Kier alpha value is -3.58. The standard InChI is InChI=1S/C29H30BrN3O3/c1-3-32(24-12-6-9-21(2)17-24)16-8-15-31-28(34)20-33-25-13-4-5-14-26(25)36-27(29(33)35)19-22-10-7-11-23(30)18-22/h4-7,9-14,17-19H,3,8,15-16,20H2,1-2H3,(H,31,34)/b27-19+. The van der Waals surface area contributed by atoms with E-state index in [4.69, 9.17) is 4.74 Å². The molecule has 0 aliphatic carbocycles. The van der Waals surface area contributed by atoms with Crippen molar-refractivity contribution in [2.45, 2.75) is 20.3 Å². The fourth-order valence-corrected chi connectivity index (χ4v) is 4.58. The van der Waals surface area contributed by atoms with Gasteiger partial charge in [0.05, 0.1) is 5.69 Å². The number of nitrogens with one attached hydrogen (secondary N) is 1. The lowest BCUT2D eigenvalue weighted by atomic mass is 10.1. The van der Waals surface area contributed by atoms with Crippen LogP contribution >= 0.6 is 15.9 Å². The summed E-state index contributed by atoms with van der Waals surface area (Å²) in [6, 6.07) is 23.3. The first-order valence-corrected chi connectivity index (χ1v) is 12.9. The fourth-order valence-electron chi connectivity index (χ4n) is 4.16. The number of halogens is 1. The predicted molar refractivity (Wildman–Crippen MR) is 148 cm³/mol. The van der Waals surface area contributed by atoms with Crippen molar-refractivity contribution in [2.75, 3.05) is 36.0 Å². The highest BCUT2D eigenvalue weighted by molar-refractivity contribution is 9.10. The van der Waals surface area contributed by atoms with E-state index in [-0.39, 0.29) is 24.1 Å². The highest BCUT2D eigenvalue weighted by atomic mass is 79.9. The summed E-state index contributed by atoms with van der Waals surface area (Å²) >= 11 is 3.45. The van der Waals surface area contributed by atoms with Gasteiger partial charge in [-0.3, -0.25) is 14.5 Å². The van der Waals surface area contributed by atoms with Gasteiger partial charge in [0.2, 0.25) is 5.91 Å². The zero-order valence-electron chi connectivity index (χ0n) is 20.5. The molecular formula is C29H30BrN3O3. The minimum Gasteiger partial charge on any atom is -0.449 e. The first-order valence-electron chi connectivity index (χ1n) is 12.1. The average molecular weight is 548 g/mol. The van der Waals surface area contributed by atoms with E-state index in [1.165, 1.54) is 16.2 Å². The van der Waals surface area contributed by atoms with Crippen LogP contribution in [0.15, 0.2) is 83.0 Å². The number of para-hydroxylation sites is 2. The summed E-state index contributed by atoms with van der Waals surface area (Å²) in [6.07, 6.45) is 2.49. The van der Waals surface area contributed by atoms with Crippen LogP contribution in [0.25, 0.3) is 6.08 Å². The minimum absolute atomic E-state index is 0.0790. The van der Waals surface area contributed by atoms with Crippen molar-refractivity contribution in [3.63, 3.8) is 0 Å². The summed E-state index contributed by atoms with van der Waals surface area (Å²) in [4.78, 5) is 29.9. The molecule has 0 saturated heterocycles. The van der Waals surface area contributed by atoms with Crippen LogP contribution in [-0.2, 0) is 9.59 Å². The van der Waals surface area contributed by atoms with E-state index in [0.29, 0.717) is 18.0 Å². The molecule has 0 saturated carbocycles. The summed E-state index contributed by atoms with van der Waals surface area (Å²) in [5.41, 5.74) is 3.82. The largest absolute Gasteiger partial charge is 0.449 e. The number of amides is 2. The number of carbonyl (C=O) groups excluding carboxylic acids is 2. The molecule has 1 N–H and O–H groups in total. The summed E-state index contributed by atoms with van der Waals surface area (Å²) in [5, 5.41) is 2.97. The van der Waals surface area contributed by atoms with Gasteiger partial charge >= 0.3 is 0 Å². The Morgan fingerprint density at radius 3 is 2.67 bits per heavy atom. The number of aryl methyl sites for hydroxylation is 1. The Morgan fingerprint density at radius 2 is 1.89 bits per heavy atom. The quantitative estimate of drug-likeness (QED) is 0.281. The normalized spacial score (nSPS) is 13.8. The van der Waals surface area contributed by atoms with Gasteiger partial charge in [-0.15, -0.1) is 0 Å². The summed E-state index contributed by atoms with van der Waals surface area (Å²) in [7, 11) is 0. The van der Waals surface area contributed by atoms with Crippen LogP contribution in [0.3, 0.4) is 0 Å². The molecule has 1 aliphatic rings. The number of nitrogens with zero attached hydrogens (tertiary/aromatic N) is 2. The SMILES string of the molecule is CCN(CCCNC(=O)CN1C(=O)/C(=C\c2cccc(Br)c2)Oc2ccccc21)c1cccc(C)c1. The zero-order valence-corrected chi connectivity index (χ0v) is 22.1. The van der Waals surface area contributed by atoms with Crippen LogP contribution in [0.5, 0.6) is 5.75 Å². The Kier molecular flexibility index (Phi) is 8.44. The summed E-state index contributed by atoms with van der Waals surface area (Å²) in [5.74, 6) is 0.167. The molecule has 0 bridgehead atoms. The first-order chi connectivity index (χ1) is 17.4. The topological polar surface area (TPSA) is 61.9 Å². The fraction of sp³-hybridized carbons (Fsp3) is 0.241.